The van der Waals surface area contributed by atoms with Gasteiger partial charge in [-0.15, -0.1) is 0 Å². The lowest BCUT2D eigenvalue weighted by molar-refractivity contribution is -0.133. The molecule has 2 atom stereocenters. The summed E-state index contributed by atoms with van der Waals surface area (Å²) in [4.78, 5) is 27.7. The van der Waals surface area contributed by atoms with Gasteiger partial charge in [-0.1, -0.05) is 41.9 Å². The van der Waals surface area contributed by atoms with Gasteiger partial charge in [0, 0.05) is 42.5 Å². The van der Waals surface area contributed by atoms with E-state index in [-0.39, 0.29) is 17.7 Å². The van der Waals surface area contributed by atoms with E-state index in [1.807, 2.05) is 41.3 Å². The molecule has 1 saturated heterocycles. The molecule has 0 bridgehead atoms. The molecule has 10 heteroatoms. The van der Waals surface area contributed by atoms with Crippen molar-refractivity contribution in [3.05, 3.63) is 64.7 Å². The van der Waals surface area contributed by atoms with Crippen molar-refractivity contribution in [1.29, 1.82) is 0 Å². The third kappa shape index (κ3) is 6.64. The summed E-state index contributed by atoms with van der Waals surface area (Å²) in [6, 6.07) is 14.6. The molecular formula is C27H34ClN3O5S. The van der Waals surface area contributed by atoms with Crippen molar-refractivity contribution in [1.82, 2.24) is 10.2 Å². The summed E-state index contributed by atoms with van der Waals surface area (Å²) >= 11 is 3.92. The number of amides is 2. The molecule has 1 fully saturated rings. The number of hydrogen-bond donors (Lipinski definition) is 2. The molecule has 2 aliphatic rings. The minimum atomic E-state index is -2.10. The van der Waals surface area contributed by atoms with Gasteiger partial charge >= 0.3 is 6.09 Å². The van der Waals surface area contributed by atoms with E-state index in [9.17, 15) is 18.4 Å². The third-order valence-corrected chi connectivity index (χ3v) is 7.94. The molecular weight excluding hydrogens is 514 g/mol. The quantitative estimate of drug-likeness (QED) is 0.511. The summed E-state index contributed by atoms with van der Waals surface area (Å²) in [6.45, 7) is 6.92. The predicted octanol–water partition coefficient (Wildman–Crippen LogP) is 4.68. The lowest BCUT2D eigenvalue weighted by atomic mass is 9.74. The average Bonchev–Trinajstić information content (AvgIpc) is 3.14. The van der Waals surface area contributed by atoms with Crippen LogP contribution < -0.4 is 9.62 Å². The Kier molecular flexibility index (Phi) is 8.16. The number of carbonyl (C=O) groups is 2. The molecule has 2 aromatic rings. The van der Waals surface area contributed by atoms with E-state index >= 15 is 0 Å². The second-order valence-electron chi connectivity index (χ2n) is 10.8. The van der Waals surface area contributed by atoms with Crippen LogP contribution >= 0.6 is 11.6 Å². The van der Waals surface area contributed by atoms with E-state index in [2.05, 4.69) is 5.32 Å². The number of hydrogen-bond acceptors (Lipinski definition) is 4. The number of benzene rings is 2. The van der Waals surface area contributed by atoms with Crippen molar-refractivity contribution >= 4 is 40.6 Å². The highest BCUT2D eigenvalue weighted by Gasteiger charge is 2.46. The first-order chi connectivity index (χ1) is 17.5. The first kappa shape index (κ1) is 27.4. The SMILES string of the molecule is CC(C)(C)OC(=O)N[C@H](CC(=O)N1CCC2(CC1)CN(S(=O)O)c1ccccc12)Cc1ccc(Cl)cc1. The summed E-state index contributed by atoms with van der Waals surface area (Å²) < 4.78 is 28.7. The van der Waals surface area contributed by atoms with Crippen molar-refractivity contribution in [2.75, 3.05) is 23.9 Å². The van der Waals surface area contributed by atoms with Crippen LogP contribution in [0.25, 0.3) is 0 Å². The molecule has 200 valence electrons. The zero-order valence-corrected chi connectivity index (χ0v) is 23.0. The van der Waals surface area contributed by atoms with Gasteiger partial charge in [-0.25, -0.2) is 9.00 Å². The van der Waals surface area contributed by atoms with Crippen LogP contribution in [0.3, 0.4) is 0 Å². The van der Waals surface area contributed by atoms with Crippen LogP contribution in [-0.4, -0.2) is 56.9 Å². The molecule has 1 unspecified atom stereocenters. The Morgan fingerprint density at radius 2 is 1.78 bits per heavy atom. The molecule has 0 aromatic heterocycles. The molecule has 0 saturated carbocycles. The first-order valence-corrected chi connectivity index (χ1v) is 13.9. The smallest absolute Gasteiger partial charge is 0.407 e. The van der Waals surface area contributed by atoms with Gasteiger partial charge in [0.25, 0.3) is 11.3 Å². The van der Waals surface area contributed by atoms with Crippen molar-refractivity contribution in [3.63, 3.8) is 0 Å². The first-order valence-electron chi connectivity index (χ1n) is 12.5. The van der Waals surface area contributed by atoms with Crippen molar-refractivity contribution in [2.24, 2.45) is 0 Å². The fourth-order valence-corrected chi connectivity index (χ4v) is 6.04. The highest BCUT2D eigenvalue weighted by molar-refractivity contribution is 7.80. The normalized spacial score (nSPS) is 18.3. The minimum absolute atomic E-state index is 0.0428. The Labute approximate surface area is 225 Å². The number of fused-ring (bicyclic) bond motifs is 2. The lowest BCUT2D eigenvalue weighted by Gasteiger charge is -2.40. The van der Waals surface area contributed by atoms with Crippen LogP contribution in [0.4, 0.5) is 10.5 Å². The number of carbonyl (C=O) groups excluding carboxylic acids is 2. The molecule has 2 aliphatic heterocycles. The Hall–Kier alpha value is -2.62. The van der Waals surface area contributed by atoms with Crippen LogP contribution in [0.1, 0.15) is 51.2 Å². The average molecular weight is 548 g/mol. The van der Waals surface area contributed by atoms with Gasteiger partial charge in [-0.3, -0.25) is 13.7 Å². The number of ether oxygens (including phenoxy) is 1. The maximum atomic E-state index is 13.4. The van der Waals surface area contributed by atoms with Crippen molar-refractivity contribution < 1.29 is 23.1 Å². The number of nitrogens with one attached hydrogen (secondary N) is 1. The van der Waals surface area contributed by atoms with E-state index in [0.717, 1.165) is 16.8 Å². The van der Waals surface area contributed by atoms with Gasteiger partial charge in [0.2, 0.25) is 5.91 Å². The highest BCUT2D eigenvalue weighted by atomic mass is 35.5. The number of anilines is 1. The molecule has 0 aliphatic carbocycles. The molecule has 8 nitrogen and oxygen atoms in total. The predicted molar refractivity (Wildman–Crippen MR) is 145 cm³/mol. The van der Waals surface area contributed by atoms with Crippen LogP contribution in [0.2, 0.25) is 5.02 Å². The van der Waals surface area contributed by atoms with Crippen molar-refractivity contribution in [2.45, 2.75) is 63.5 Å². The molecule has 2 amide bonds. The van der Waals surface area contributed by atoms with E-state index < -0.39 is 29.0 Å². The van der Waals surface area contributed by atoms with Crippen LogP contribution in [0.15, 0.2) is 48.5 Å². The second-order valence-corrected chi connectivity index (χ2v) is 12.2. The van der Waals surface area contributed by atoms with Gasteiger partial charge in [0.05, 0.1) is 5.69 Å². The maximum absolute atomic E-state index is 13.4. The van der Waals surface area contributed by atoms with Crippen LogP contribution in [0.5, 0.6) is 0 Å². The van der Waals surface area contributed by atoms with Gasteiger partial charge < -0.3 is 15.0 Å². The van der Waals surface area contributed by atoms with Crippen LogP contribution in [-0.2, 0) is 32.6 Å². The number of piperidine rings is 1. The highest BCUT2D eigenvalue weighted by Crippen LogP contribution is 2.47. The number of rotatable bonds is 6. The summed E-state index contributed by atoms with van der Waals surface area (Å²) in [7, 11) is 0. The summed E-state index contributed by atoms with van der Waals surface area (Å²) in [5.41, 5.74) is 1.90. The van der Waals surface area contributed by atoms with E-state index in [1.54, 1.807) is 32.9 Å². The van der Waals surface area contributed by atoms with E-state index in [4.69, 9.17) is 16.3 Å². The number of halogens is 1. The number of alkyl carbamates (subject to hydrolysis) is 1. The maximum Gasteiger partial charge on any atom is 0.407 e. The van der Waals surface area contributed by atoms with Gasteiger partial charge in [-0.05, 0) is 69.4 Å². The fourth-order valence-electron chi connectivity index (χ4n) is 5.23. The van der Waals surface area contributed by atoms with E-state index in [0.29, 0.717) is 43.9 Å². The zero-order valence-electron chi connectivity index (χ0n) is 21.4. The Morgan fingerprint density at radius 3 is 2.41 bits per heavy atom. The molecule has 0 radical (unpaired) electrons. The number of para-hydroxylation sites is 1. The second kappa shape index (κ2) is 11.0. The Bertz CT molecular complexity index is 1160. The topological polar surface area (TPSA) is 99.2 Å². The standard InChI is InChI=1S/C27H34ClN3O5S/c1-26(2,3)36-25(33)29-21(16-19-8-10-20(28)11-9-19)17-24(32)30-14-12-27(13-15-30)18-31(37(34)35)23-7-5-4-6-22(23)27/h4-11,21H,12-18H2,1-3H3,(H,29,33)(H,34,35)/t21-/m0/s1. The Balaban J connectivity index is 1.43. The third-order valence-electron chi connectivity index (χ3n) is 6.99. The van der Waals surface area contributed by atoms with E-state index in [1.165, 1.54) is 4.31 Å². The molecule has 2 N–H and O–H groups in total. The Morgan fingerprint density at radius 1 is 1.14 bits per heavy atom. The lowest BCUT2D eigenvalue weighted by Crippen LogP contribution is -2.49. The van der Waals surface area contributed by atoms with Crippen LogP contribution in [0, 0.1) is 0 Å². The minimum Gasteiger partial charge on any atom is -0.444 e. The van der Waals surface area contributed by atoms with Crippen molar-refractivity contribution in [3.8, 4) is 0 Å². The summed E-state index contributed by atoms with van der Waals surface area (Å²) in [5.74, 6) is -0.0428. The summed E-state index contributed by atoms with van der Waals surface area (Å²) in [6.07, 6.45) is 1.44. The van der Waals surface area contributed by atoms with Gasteiger partial charge in [0.15, 0.2) is 0 Å². The molecule has 37 heavy (non-hydrogen) atoms. The fraction of sp³-hybridized carbons (Fsp3) is 0.481. The van der Waals surface area contributed by atoms with Gasteiger partial charge in [-0.2, -0.15) is 0 Å². The number of likely N-dealkylation sites (tertiary alicyclic amines) is 1. The number of nitrogens with zero attached hydrogens (tertiary/aromatic N) is 2. The molecule has 4 rings (SSSR count). The monoisotopic (exact) mass is 547 g/mol. The zero-order chi connectivity index (χ0) is 26.8. The summed E-state index contributed by atoms with van der Waals surface area (Å²) in [5, 5.41) is 3.50. The molecule has 2 heterocycles. The largest absolute Gasteiger partial charge is 0.444 e. The molecule has 2 aromatic carbocycles. The van der Waals surface area contributed by atoms with Gasteiger partial charge in [0.1, 0.15) is 5.60 Å². The molecule has 1 spiro atoms.